The molecule has 0 amide bonds. The van der Waals surface area contributed by atoms with Gasteiger partial charge in [0.25, 0.3) is 0 Å². The third-order valence-corrected chi connectivity index (χ3v) is 5.64. The van der Waals surface area contributed by atoms with Crippen LogP contribution in [0.2, 0.25) is 0 Å². The molecule has 0 aromatic carbocycles. The van der Waals surface area contributed by atoms with Gasteiger partial charge in [-0.25, -0.2) is 8.42 Å². The molecule has 1 aliphatic rings. The first-order valence-electron chi connectivity index (χ1n) is 7.31. The normalized spacial score (nSPS) is 19.9. The van der Waals surface area contributed by atoms with E-state index in [2.05, 4.69) is 10.1 Å². The van der Waals surface area contributed by atoms with Crippen LogP contribution >= 0.6 is 0 Å². The number of aryl methyl sites for hydroxylation is 1. The van der Waals surface area contributed by atoms with E-state index in [1.54, 1.807) is 24.1 Å². The number of alkyl halides is 3. The van der Waals surface area contributed by atoms with E-state index < -0.39 is 28.0 Å². The summed E-state index contributed by atoms with van der Waals surface area (Å²) in [4.78, 5) is 2.93. The molecule has 2 aromatic heterocycles. The lowest BCUT2D eigenvalue weighted by Gasteiger charge is -2.31. The summed E-state index contributed by atoms with van der Waals surface area (Å²) in [5, 5.41) is 4.02. The number of hydrogen-bond acceptors (Lipinski definition) is 5. The number of aromatic nitrogens is 3. The number of morpholine rings is 1. The molecule has 1 atom stereocenters. The van der Waals surface area contributed by atoms with Gasteiger partial charge in [-0.1, -0.05) is 0 Å². The van der Waals surface area contributed by atoms with Crippen LogP contribution in [0.3, 0.4) is 0 Å². The predicted molar refractivity (Wildman–Crippen MR) is 79.9 cm³/mol. The largest absolute Gasteiger partial charge is 0.433 e. The first kappa shape index (κ1) is 17.8. The van der Waals surface area contributed by atoms with Gasteiger partial charge >= 0.3 is 6.18 Å². The third-order valence-electron chi connectivity index (χ3n) is 3.79. The van der Waals surface area contributed by atoms with Gasteiger partial charge in [0.1, 0.15) is 10.6 Å². The lowest BCUT2D eigenvalue weighted by atomic mass is 10.2. The van der Waals surface area contributed by atoms with Crippen LogP contribution in [0.25, 0.3) is 0 Å². The second-order valence-corrected chi connectivity index (χ2v) is 7.48. The summed E-state index contributed by atoms with van der Waals surface area (Å²) < 4.78 is 71.3. The average molecular weight is 376 g/mol. The summed E-state index contributed by atoms with van der Waals surface area (Å²) in [5.41, 5.74) is -0.408. The standard InChI is InChI=1S/C14H15F3N4O3S/c1-20-8-10(6-19-20)12-9-21(4-5-24-12)25(22,23)11-2-3-13(18-7-11)14(15,16)17/h2-3,6-8,12H,4-5,9H2,1H3. The molecular weight excluding hydrogens is 361 g/mol. The molecule has 136 valence electrons. The zero-order valence-electron chi connectivity index (χ0n) is 13.1. The SMILES string of the molecule is Cn1cc(C2CN(S(=O)(=O)c3ccc(C(F)(F)F)nc3)CCO2)cn1. The first-order valence-corrected chi connectivity index (χ1v) is 8.75. The Hall–Kier alpha value is -1.98. The van der Waals surface area contributed by atoms with E-state index in [0.29, 0.717) is 6.07 Å². The van der Waals surface area contributed by atoms with Gasteiger partial charge in [0.15, 0.2) is 0 Å². The van der Waals surface area contributed by atoms with Gasteiger partial charge in [0.05, 0.1) is 18.9 Å². The van der Waals surface area contributed by atoms with Gasteiger partial charge < -0.3 is 4.74 Å². The fourth-order valence-corrected chi connectivity index (χ4v) is 3.87. The maximum absolute atomic E-state index is 12.7. The molecule has 7 nitrogen and oxygen atoms in total. The van der Waals surface area contributed by atoms with Gasteiger partial charge in [-0.2, -0.15) is 22.6 Å². The van der Waals surface area contributed by atoms with Crippen molar-refractivity contribution < 1.29 is 26.3 Å². The van der Waals surface area contributed by atoms with E-state index >= 15 is 0 Å². The summed E-state index contributed by atoms with van der Waals surface area (Å²) in [7, 11) is -2.23. The molecule has 1 saturated heterocycles. The smallest absolute Gasteiger partial charge is 0.371 e. The number of ether oxygens (including phenoxy) is 1. The molecule has 0 spiro atoms. The van der Waals surface area contributed by atoms with Crippen LogP contribution in [0, 0.1) is 0 Å². The molecule has 1 aliphatic heterocycles. The van der Waals surface area contributed by atoms with Gasteiger partial charge in [-0.05, 0) is 12.1 Å². The van der Waals surface area contributed by atoms with Crippen LogP contribution < -0.4 is 0 Å². The highest BCUT2D eigenvalue weighted by Gasteiger charge is 2.35. The Labute approximate surface area is 142 Å². The fourth-order valence-electron chi connectivity index (χ4n) is 2.50. The van der Waals surface area contributed by atoms with Crippen LogP contribution in [-0.4, -0.2) is 47.2 Å². The van der Waals surface area contributed by atoms with Crippen molar-refractivity contribution in [1.29, 1.82) is 0 Å². The Morgan fingerprint density at radius 3 is 2.60 bits per heavy atom. The molecule has 3 rings (SSSR count). The molecule has 2 aromatic rings. The van der Waals surface area contributed by atoms with Gasteiger partial charge in [0, 0.05) is 38.1 Å². The lowest BCUT2D eigenvalue weighted by molar-refractivity contribution is -0.141. The summed E-state index contributed by atoms with van der Waals surface area (Å²) >= 11 is 0. The highest BCUT2D eigenvalue weighted by molar-refractivity contribution is 7.89. The Morgan fingerprint density at radius 1 is 1.28 bits per heavy atom. The minimum absolute atomic E-state index is 0.0506. The van der Waals surface area contributed by atoms with E-state index in [9.17, 15) is 21.6 Å². The van der Waals surface area contributed by atoms with Crippen molar-refractivity contribution in [2.75, 3.05) is 19.7 Å². The van der Waals surface area contributed by atoms with E-state index in [0.717, 1.165) is 17.8 Å². The molecule has 0 N–H and O–H groups in total. The first-order chi connectivity index (χ1) is 11.7. The minimum atomic E-state index is -4.62. The van der Waals surface area contributed by atoms with Gasteiger partial charge in [-0.15, -0.1) is 0 Å². The van der Waals surface area contributed by atoms with E-state index in [1.165, 1.54) is 4.31 Å². The van der Waals surface area contributed by atoms with Crippen LogP contribution in [-0.2, 0) is 28.0 Å². The van der Waals surface area contributed by atoms with Crippen LogP contribution in [0.4, 0.5) is 13.2 Å². The second kappa shape index (κ2) is 6.39. The van der Waals surface area contributed by atoms with Crippen molar-refractivity contribution in [3.8, 4) is 0 Å². The molecular formula is C14H15F3N4O3S. The van der Waals surface area contributed by atoms with E-state index in [-0.39, 0.29) is 24.6 Å². The lowest BCUT2D eigenvalue weighted by Crippen LogP contribution is -2.42. The Kier molecular flexibility index (Phi) is 4.56. The van der Waals surface area contributed by atoms with Gasteiger partial charge in [0.2, 0.25) is 10.0 Å². The molecule has 0 aliphatic carbocycles. The number of halogens is 3. The highest BCUT2D eigenvalue weighted by atomic mass is 32.2. The molecule has 11 heteroatoms. The number of rotatable bonds is 3. The predicted octanol–water partition coefficient (Wildman–Crippen LogP) is 1.60. The highest BCUT2D eigenvalue weighted by Crippen LogP contribution is 2.29. The van der Waals surface area contributed by atoms with E-state index in [4.69, 9.17) is 4.74 Å². The maximum Gasteiger partial charge on any atom is 0.433 e. The fraction of sp³-hybridized carbons (Fsp3) is 0.429. The van der Waals surface area contributed by atoms with Crippen LogP contribution in [0.1, 0.15) is 17.4 Å². The summed E-state index contributed by atoms with van der Waals surface area (Å²) in [5.74, 6) is 0. The molecule has 3 heterocycles. The summed E-state index contributed by atoms with van der Waals surface area (Å²) in [6.45, 7) is 0.335. The van der Waals surface area contributed by atoms with Gasteiger partial charge in [-0.3, -0.25) is 9.67 Å². The number of pyridine rings is 1. The topological polar surface area (TPSA) is 77.3 Å². The Balaban J connectivity index is 1.81. The molecule has 25 heavy (non-hydrogen) atoms. The molecule has 1 unspecified atom stereocenters. The van der Waals surface area contributed by atoms with Crippen molar-refractivity contribution in [3.05, 3.63) is 42.0 Å². The molecule has 0 bridgehead atoms. The number of sulfonamides is 1. The third kappa shape index (κ3) is 3.67. The van der Waals surface area contributed by atoms with Crippen molar-refractivity contribution in [2.45, 2.75) is 17.2 Å². The summed E-state index contributed by atoms with van der Waals surface area (Å²) in [6.07, 6.45) is -1.07. The zero-order valence-corrected chi connectivity index (χ0v) is 14.0. The Bertz CT molecular complexity index is 849. The molecule has 0 radical (unpaired) electrons. The molecule has 0 saturated carbocycles. The summed E-state index contributed by atoms with van der Waals surface area (Å²) in [6, 6.07) is 1.58. The maximum atomic E-state index is 12.7. The van der Waals surface area contributed by atoms with Crippen LogP contribution in [0.5, 0.6) is 0 Å². The van der Waals surface area contributed by atoms with E-state index in [1.807, 2.05) is 0 Å². The minimum Gasteiger partial charge on any atom is -0.371 e. The van der Waals surface area contributed by atoms with Crippen molar-refractivity contribution >= 4 is 10.0 Å². The van der Waals surface area contributed by atoms with Crippen molar-refractivity contribution in [1.82, 2.24) is 19.1 Å². The van der Waals surface area contributed by atoms with Crippen molar-refractivity contribution in [3.63, 3.8) is 0 Å². The number of nitrogens with zero attached hydrogens (tertiary/aromatic N) is 4. The molecule has 1 fully saturated rings. The average Bonchev–Trinajstić information content (AvgIpc) is 3.01. The second-order valence-electron chi connectivity index (χ2n) is 5.55. The monoisotopic (exact) mass is 376 g/mol. The Morgan fingerprint density at radius 2 is 2.04 bits per heavy atom. The van der Waals surface area contributed by atoms with Crippen molar-refractivity contribution in [2.24, 2.45) is 7.05 Å². The number of hydrogen-bond donors (Lipinski definition) is 0. The quantitative estimate of drug-likeness (QED) is 0.813. The van der Waals surface area contributed by atoms with Crippen LogP contribution in [0.15, 0.2) is 35.6 Å². The zero-order chi connectivity index (χ0) is 18.2.